The Morgan fingerprint density at radius 2 is 1.73 bits per heavy atom. The lowest BCUT2D eigenvalue weighted by atomic mass is 10.2. The topological polar surface area (TPSA) is 22.0 Å². The molecule has 2 rings (SSSR count). The second-order valence-corrected chi connectivity index (χ2v) is 3.75. The number of aromatic nitrogens is 1. The largest absolute Gasteiger partial charge is 0.284 e. The molecule has 0 aliphatic rings. The van der Waals surface area contributed by atoms with Crippen LogP contribution in [0.3, 0.4) is 0 Å². The van der Waals surface area contributed by atoms with E-state index in [0.29, 0.717) is 0 Å². The SMILES string of the molecule is Cc1cccc(-n2ccc(C)cc2=O)c1. The van der Waals surface area contributed by atoms with E-state index in [1.54, 1.807) is 10.6 Å². The number of benzene rings is 1. The van der Waals surface area contributed by atoms with Gasteiger partial charge in [-0.25, -0.2) is 0 Å². The van der Waals surface area contributed by atoms with Crippen molar-refractivity contribution >= 4 is 0 Å². The van der Waals surface area contributed by atoms with E-state index >= 15 is 0 Å². The molecule has 2 nitrogen and oxygen atoms in total. The van der Waals surface area contributed by atoms with Gasteiger partial charge in [-0.1, -0.05) is 12.1 Å². The highest BCUT2D eigenvalue weighted by molar-refractivity contribution is 5.36. The van der Waals surface area contributed by atoms with Gasteiger partial charge in [0.2, 0.25) is 0 Å². The first-order chi connectivity index (χ1) is 7.16. The first-order valence-corrected chi connectivity index (χ1v) is 4.93. The fourth-order valence-electron chi connectivity index (χ4n) is 1.57. The van der Waals surface area contributed by atoms with E-state index in [2.05, 4.69) is 0 Å². The zero-order valence-corrected chi connectivity index (χ0v) is 8.90. The maximum absolute atomic E-state index is 11.7. The minimum absolute atomic E-state index is 0.0144. The Bertz CT molecular complexity index is 540. The van der Waals surface area contributed by atoms with Crippen molar-refractivity contribution in [2.75, 3.05) is 0 Å². The predicted molar refractivity (Wildman–Crippen MR) is 61.5 cm³/mol. The van der Waals surface area contributed by atoms with E-state index < -0.39 is 0 Å². The van der Waals surface area contributed by atoms with Gasteiger partial charge >= 0.3 is 0 Å². The van der Waals surface area contributed by atoms with Crippen LogP contribution in [0.15, 0.2) is 47.4 Å². The quantitative estimate of drug-likeness (QED) is 0.691. The number of hydrogen-bond acceptors (Lipinski definition) is 1. The van der Waals surface area contributed by atoms with Gasteiger partial charge in [0.05, 0.1) is 0 Å². The molecular formula is C13H13NO. The molecule has 0 aliphatic carbocycles. The highest BCUT2D eigenvalue weighted by Gasteiger charge is 1.98. The van der Waals surface area contributed by atoms with Gasteiger partial charge < -0.3 is 0 Å². The van der Waals surface area contributed by atoms with Crippen molar-refractivity contribution in [1.82, 2.24) is 4.57 Å². The lowest BCUT2D eigenvalue weighted by molar-refractivity contribution is 0.980. The molecule has 1 aromatic heterocycles. The average Bonchev–Trinajstić information content (AvgIpc) is 2.17. The molecule has 2 aromatic rings. The fraction of sp³-hybridized carbons (Fsp3) is 0.154. The lowest BCUT2D eigenvalue weighted by Crippen LogP contribution is -2.16. The van der Waals surface area contributed by atoms with Crippen LogP contribution in [0, 0.1) is 13.8 Å². The van der Waals surface area contributed by atoms with Gasteiger partial charge in [0.1, 0.15) is 0 Å². The highest BCUT2D eigenvalue weighted by atomic mass is 16.1. The summed E-state index contributed by atoms with van der Waals surface area (Å²) >= 11 is 0. The molecule has 15 heavy (non-hydrogen) atoms. The Morgan fingerprint density at radius 3 is 2.40 bits per heavy atom. The standard InChI is InChI=1S/C13H13NO/c1-10-4-3-5-12(8-10)14-7-6-11(2)9-13(14)15/h3-9H,1-2H3. The predicted octanol–water partition coefficient (Wildman–Crippen LogP) is 2.45. The van der Waals surface area contributed by atoms with Gasteiger partial charge in [0.15, 0.2) is 0 Å². The summed E-state index contributed by atoms with van der Waals surface area (Å²) in [5, 5.41) is 0. The van der Waals surface area contributed by atoms with Crippen LogP contribution in [-0.2, 0) is 0 Å². The molecule has 2 heteroatoms. The van der Waals surface area contributed by atoms with E-state index in [-0.39, 0.29) is 5.56 Å². The first kappa shape index (κ1) is 9.71. The van der Waals surface area contributed by atoms with Crippen LogP contribution < -0.4 is 5.56 Å². The fourth-order valence-corrected chi connectivity index (χ4v) is 1.57. The van der Waals surface area contributed by atoms with Crippen LogP contribution in [0.25, 0.3) is 5.69 Å². The number of nitrogens with zero attached hydrogens (tertiary/aromatic N) is 1. The number of pyridine rings is 1. The van der Waals surface area contributed by atoms with Gasteiger partial charge in [-0.3, -0.25) is 9.36 Å². The summed E-state index contributed by atoms with van der Waals surface area (Å²) in [6, 6.07) is 11.5. The summed E-state index contributed by atoms with van der Waals surface area (Å²) in [7, 11) is 0. The molecule has 0 radical (unpaired) electrons. The molecular weight excluding hydrogens is 186 g/mol. The van der Waals surface area contributed by atoms with E-state index in [1.807, 2.05) is 50.4 Å². The highest BCUT2D eigenvalue weighted by Crippen LogP contribution is 2.07. The molecule has 0 saturated carbocycles. The Balaban J connectivity index is 2.59. The molecule has 0 amide bonds. The lowest BCUT2D eigenvalue weighted by Gasteiger charge is -2.06. The monoisotopic (exact) mass is 199 g/mol. The van der Waals surface area contributed by atoms with Crippen LogP contribution in [0.1, 0.15) is 11.1 Å². The Morgan fingerprint density at radius 1 is 1.00 bits per heavy atom. The Kier molecular flexibility index (Phi) is 2.42. The van der Waals surface area contributed by atoms with E-state index in [0.717, 1.165) is 16.8 Å². The zero-order valence-electron chi connectivity index (χ0n) is 8.90. The van der Waals surface area contributed by atoms with E-state index in [9.17, 15) is 4.79 Å². The molecule has 0 fully saturated rings. The van der Waals surface area contributed by atoms with Crippen molar-refractivity contribution in [3.63, 3.8) is 0 Å². The summed E-state index contributed by atoms with van der Waals surface area (Å²) in [6.45, 7) is 3.94. The van der Waals surface area contributed by atoms with Gasteiger partial charge in [-0.2, -0.15) is 0 Å². The molecule has 1 aromatic carbocycles. The molecule has 0 unspecified atom stereocenters. The number of aryl methyl sites for hydroxylation is 2. The molecule has 76 valence electrons. The van der Waals surface area contributed by atoms with Crippen molar-refractivity contribution in [3.8, 4) is 5.69 Å². The van der Waals surface area contributed by atoms with Gasteiger partial charge in [0.25, 0.3) is 5.56 Å². The van der Waals surface area contributed by atoms with Gasteiger partial charge in [-0.15, -0.1) is 0 Å². The van der Waals surface area contributed by atoms with E-state index in [4.69, 9.17) is 0 Å². The maximum Gasteiger partial charge on any atom is 0.255 e. The van der Waals surface area contributed by atoms with Crippen molar-refractivity contribution in [3.05, 3.63) is 64.1 Å². The summed E-state index contributed by atoms with van der Waals surface area (Å²) in [6.07, 6.45) is 1.81. The number of hydrogen-bond donors (Lipinski definition) is 0. The third-order valence-electron chi connectivity index (χ3n) is 2.35. The average molecular weight is 199 g/mol. The minimum atomic E-state index is 0.0144. The summed E-state index contributed by atoms with van der Waals surface area (Å²) < 4.78 is 1.65. The second kappa shape index (κ2) is 3.73. The Hall–Kier alpha value is -1.83. The molecule has 0 N–H and O–H groups in total. The zero-order chi connectivity index (χ0) is 10.8. The van der Waals surface area contributed by atoms with Crippen LogP contribution in [0.5, 0.6) is 0 Å². The van der Waals surface area contributed by atoms with Crippen LogP contribution in [0.4, 0.5) is 0 Å². The summed E-state index contributed by atoms with van der Waals surface area (Å²) in [5.41, 5.74) is 3.07. The number of rotatable bonds is 1. The summed E-state index contributed by atoms with van der Waals surface area (Å²) in [4.78, 5) is 11.7. The van der Waals surface area contributed by atoms with Gasteiger partial charge in [0, 0.05) is 18.0 Å². The first-order valence-electron chi connectivity index (χ1n) is 4.93. The van der Waals surface area contributed by atoms with E-state index in [1.165, 1.54) is 0 Å². The maximum atomic E-state index is 11.7. The molecule has 0 bridgehead atoms. The van der Waals surface area contributed by atoms with Crippen LogP contribution >= 0.6 is 0 Å². The normalized spacial score (nSPS) is 10.3. The molecule has 0 saturated heterocycles. The summed E-state index contributed by atoms with van der Waals surface area (Å²) in [5.74, 6) is 0. The smallest absolute Gasteiger partial charge is 0.255 e. The Labute approximate surface area is 88.8 Å². The van der Waals surface area contributed by atoms with Gasteiger partial charge in [-0.05, 0) is 43.2 Å². The minimum Gasteiger partial charge on any atom is -0.284 e. The molecule has 0 spiro atoms. The van der Waals surface area contributed by atoms with Crippen molar-refractivity contribution < 1.29 is 0 Å². The van der Waals surface area contributed by atoms with Crippen molar-refractivity contribution in [2.45, 2.75) is 13.8 Å². The van der Waals surface area contributed by atoms with Crippen LogP contribution in [-0.4, -0.2) is 4.57 Å². The third kappa shape index (κ3) is 1.99. The molecule has 0 aliphatic heterocycles. The van der Waals surface area contributed by atoms with Crippen molar-refractivity contribution in [2.24, 2.45) is 0 Å². The van der Waals surface area contributed by atoms with Crippen LogP contribution in [0.2, 0.25) is 0 Å². The molecule has 0 atom stereocenters. The van der Waals surface area contributed by atoms with Crippen molar-refractivity contribution in [1.29, 1.82) is 0 Å². The third-order valence-corrected chi connectivity index (χ3v) is 2.35. The second-order valence-electron chi connectivity index (χ2n) is 3.75. The molecule has 1 heterocycles.